The van der Waals surface area contributed by atoms with E-state index in [0.29, 0.717) is 16.8 Å². The number of fused-ring (bicyclic) bond motifs is 1. The van der Waals surface area contributed by atoms with E-state index in [2.05, 4.69) is 15.1 Å². The van der Waals surface area contributed by atoms with Gasteiger partial charge in [0.2, 0.25) is 0 Å². The normalized spacial score (nSPS) is 10.7. The number of H-pyrrole nitrogens is 1. The van der Waals surface area contributed by atoms with Gasteiger partial charge in [0.05, 0.1) is 11.4 Å². The van der Waals surface area contributed by atoms with Crippen LogP contribution in [0.2, 0.25) is 0 Å². The zero-order valence-electron chi connectivity index (χ0n) is 13.4. The quantitative estimate of drug-likeness (QED) is 0.613. The molecule has 0 bridgehead atoms. The number of nitrogens with one attached hydrogen (secondary N) is 1. The first-order valence-electron chi connectivity index (χ1n) is 7.72. The highest BCUT2D eigenvalue weighted by molar-refractivity contribution is 5.97. The van der Waals surface area contributed by atoms with Gasteiger partial charge in [-0.15, -0.1) is 0 Å². The van der Waals surface area contributed by atoms with Gasteiger partial charge in [0, 0.05) is 28.9 Å². The van der Waals surface area contributed by atoms with Gasteiger partial charge in [0.1, 0.15) is 17.3 Å². The summed E-state index contributed by atoms with van der Waals surface area (Å²) in [7, 11) is 0. The number of hydrogen-bond donors (Lipinski definition) is 1. The molecule has 3 aromatic heterocycles. The van der Waals surface area contributed by atoms with Crippen molar-refractivity contribution in [2.45, 2.75) is 6.92 Å². The second-order valence-corrected chi connectivity index (χ2v) is 5.61. The van der Waals surface area contributed by atoms with E-state index in [1.54, 1.807) is 23.1 Å². The van der Waals surface area contributed by atoms with Crippen LogP contribution in [0.1, 0.15) is 11.3 Å². The van der Waals surface area contributed by atoms with E-state index < -0.39 is 5.56 Å². The lowest BCUT2D eigenvalue weighted by atomic mass is 9.99. The van der Waals surface area contributed by atoms with Crippen LogP contribution in [0.5, 0.6) is 0 Å². The maximum Gasteiger partial charge on any atom is 0.268 e. The number of aryl methyl sites for hydroxylation is 1. The Bertz CT molecular complexity index is 1170. The minimum Gasteiger partial charge on any atom is -0.305 e. The molecule has 0 saturated carbocycles. The molecule has 0 aliphatic carbocycles. The SMILES string of the molecule is Cc1nn(-c2ccccc2)c2[nH]c(=O)c(C#N)c(-c3cccnc3)c12. The fraction of sp³-hybridized carbons (Fsp3) is 0.0526. The molecule has 25 heavy (non-hydrogen) atoms. The number of pyridine rings is 2. The van der Waals surface area contributed by atoms with Crippen molar-refractivity contribution in [1.29, 1.82) is 5.26 Å². The largest absolute Gasteiger partial charge is 0.305 e. The smallest absolute Gasteiger partial charge is 0.268 e. The number of aromatic amines is 1. The molecule has 1 N–H and O–H groups in total. The lowest BCUT2D eigenvalue weighted by molar-refractivity contribution is 0.875. The Kier molecular flexibility index (Phi) is 3.40. The molecule has 6 heteroatoms. The Balaban J connectivity index is 2.16. The van der Waals surface area contributed by atoms with Crippen LogP contribution >= 0.6 is 0 Å². The van der Waals surface area contributed by atoms with Crippen molar-refractivity contribution in [3.8, 4) is 22.9 Å². The number of nitrogens with zero attached hydrogens (tertiary/aromatic N) is 4. The van der Waals surface area contributed by atoms with Crippen molar-refractivity contribution in [3.05, 3.63) is 76.5 Å². The van der Waals surface area contributed by atoms with E-state index in [1.807, 2.05) is 49.4 Å². The van der Waals surface area contributed by atoms with Crippen LogP contribution in [-0.2, 0) is 0 Å². The Morgan fingerprint density at radius 3 is 2.64 bits per heavy atom. The van der Waals surface area contributed by atoms with Crippen molar-refractivity contribution >= 4 is 11.0 Å². The third kappa shape index (κ3) is 2.30. The van der Waals surface area contributed by atoms with Gasteiger partial charge in [-0.3, -0.25) is 9.78 Å². The van der Waals surface area contributed by atoms with Gasteiger partial charge in [-0.2, -0.15) is 10.4 Å². The zero-order chi connectivity index (χ0) is 17.4. The average molecular weight is 327 g/mol. The maximum atomic E-state index is 12.5. The van der Waals surface area contributed by atoms with Crippen LogP contribution in [0.3, 0.4) is 0 Å². The average Bonchev–Trinajstić information content (AvgIpc) is 2.98. The molecule has 1 aromatic carbocycles. The molecule has 0 amide bonds. The summed E-state index contributed by atoms with van der Waals surface area (Å²) in [5.74, 6) is 0. The summed E-state index contributed by atoms with van der Waals surface area (Å²) in [5, 5.41) is 14.8. The van der Waals surface area contributed by atoms with Gasteiger partial charge in [-0.25, -0.2) is 4.68 Å². The Morgan fingerprint density at radius 1 is 1.16 bits per heavy atom. The Morgan fingerprint density at radius 2 is 1.96 bits per heavy atom. The lowest BCUT2D eigenvalue weighted by Crippen LogP contribution is -2.13. The topological polar surface area (TPSA) is 87.4 Å². The monoisotopic (exact) mass is 327 g/mol. The fourth-order valence-electron chi connectivity index (χ4n) is 3.01. The molecule has 4 aromatic rings. The highest BCUT2D eigenvalue weighted by Gasteiger charge is 2.20. The van der Waals surface area contributed by atoms with Crippen LogP contribution in [-0.4, -0.2) is 19.7 Å². The van der Waals surface area contributed by atoms with Gasteiger partial charge in [-0.1, -0.05) is 24.3 Å². The molecule has 0 radical (unpaired) electrons. The molecule has 0 aliphatic rings. The first kappa shape index (κ1) is 14.8. The zero-order valence-corrected chi connectivity index (χ0v) is 13.4. The third-order valence-electron chi connectivity index (χ3n) is 4.08. The fourth-order valence-corrected chi connectivity index (χ4v) is 3.01. The summed E-state index contributed by atoms with van der Waals surface area (Å²) in [6.07, 6.45) is 3.30. The number of aromatic nitrogens is 4. The van der Waals surface area contributed by atoms with E-state index in [0.717, 1.165) is 16.8 Å². The number of hydrogen-bond acceptors (Lipinski definition) is 4. The van der Waals surface area contributed by atoms with Crippen LogP contribution in [0, 0.1) is 18.3 Å². The third-order valence-corrected chi connectivity index (χ3v) is 4.08. The highest BCUT2D eigenvalue weighted by atomic mass is 16.1. The molecule has 0 unspecified atom stereocenters. The lowest BCUT2D eigenvalue weighted by Gasteiger charge is -2.07. The van der Waals surface area contributed by atoms with Crippen LogP contribution < -0.4 is 5.56 Å². The molecule has 3 heterocycles. The van der Waals surface area contributed by atoms with Gasteiger partial charge in [-0.05, 0) is 25.1 Å². The molecular weight excluding hydrogens is 314 g/mol. The minimum absolute atomic E-state index is 0.0659. The molecule has 0 atom stereocenters. The predicted molar refractivity (Wildman–Crippen MR) is 94.4 cm³/mol. The maximum absolute atomic E-state index is 12.5. The van der Waals surface area contributed by atoms with Crippen molar-refractivity contribution in [1.82, 2.24) is 19.7 Å². The predicted octanol–water partition coefficient (Wildman–Crippen LogP) is 2.96. The van der Waals surface area contributed by atoms with Crippen LogP contribution in [0.4, 0.5) is 0 Å². The van der Waals surface area contributed by atoms with E-state index in [9.17, 15) is 10.1 Å². The van der Waals surface area contributed by atoms with Crippen LogP contribution in [0.15, 0.2) is 59.7 Å². The first-order chi connectivity index (χ1) is 12.2. The first-order valence-corrected chi connectivity index (χ1v) is 7.72. The molecule has 0 fully saturated rings. The Labute approximate surface area is 143 Å². The summed E-state index contributed by atoms with van der Waals surface area (Å²) in [4.78, 5) is 19.4. The summed E-state index contributed by atoms with van der Waals surface area (Å²) in [5.41, 5.74) is 3.03. The molecular formula is C19H13N5O. The molecule has 0 spiro atoms. The summed E-state index contributed by atoms with van der Waals surface area (Å²) < 4.78 is 1.69. The summed E-state index contributed by atoms with van der Waals surface area (Å²) in [6, 6.07) is 15.2. The van der Waals surface area contributed by atoms with E-state index in [-0.39, 0.29) is 5.56 Å². The summed E-state index contributed by atoms with van der Waals surface area (Å²) >= 11 is 0. The standard InChI is InChI=1S/C19H13N5O/c1-12-16-17(13-6-5-9-21-11-13)15(10-20)19(25)22-18(16)24(23-12)14-7-3-2-4-8-14/h2-9,11H,1H3,(H,22,25). The number of benzene rings is 1. The highest BCUT2D eigenvalue weighted by Crippen LogP contribution is 2.31. The number of rotatable bonds is 2. The molecule has 6 nitrogen and oxygen atoms in total. The molecule has 120 valence electrons. The molecule has 0 saturated heterocycles. The van der Waals surface area contributed by atoms with E-state index in [4.69, 9.17) is 0 Å². The molecule has 4 rings (SSSR count). The second kappa shape index (κ2) is 5.73. The molecule has 0 aliphatic heterocycles. The minimum atomic E-state index is -0.439. The van der Waals surface area contributed by atoms with E-state index in [1.165, 1.54) is 0 Å². The summed E-state index contributed by atoms with van der Waals surface area (Å²) in [6.45, 7) is 1.86. The van der Waals surface area contributed by atoms with Crippen molar-refractivity contribution in [3.63, 3.8) is 0 Å². The van der Waals surface area contributed by atoms with Gasteiger partial charge in [0.25, 0.3) is 5.56 Å². The van der Waals surface area contributed by atoms with Crippen molar-refractivity contribution in [2.75, 3.05) is 0 Å². The van der Waals surface area contributed by atoms with Gasteiger partial charge in [0.15, 0.2) is 0 Å². The number of para-hydroxylation sites is 1. The van der Waals surface area contributed by atoms with Crippen molar-refractivity contribution in [2.24, 2.45) is 0 Å². The van der Waals surface area contributed by atoms with Crippen molar-refractivity contribution < 1.29 is 0 Å². The van der Waals surface area contributed by atoms with E-state index >= 15 is 0 Å². The van der Waals surface area contributed by atoms with Crippen LogP contribution in [0.25, 0.3) is 27.8 Å². The number of nitriles is 1. The Hall–Kier alpha value is -3.72. The van der Waals surface area contributed by atoms with Gasteiger partial charge >= 0.3 is 0 Å². The van der Waals surface area contributed by atoms with Gasteiger partial charge < -0.3 is 4.98 Å². The second-order valence-electron chi connectivity index (χ2n) is 5.61.